The molecule has 1 aromatic rings. The molecule has 1 heterocycles. The zero-order valence-corrected chi connectivity index (χ0v) is 13.3. The molecule has 1 aliphatic carbocycles. The fourth-order valence-corrected chi connectivity index (χ4v) is 3.01. The van der Waals surface area contributed by atoms with Gasteiger partial charge in [-0.25, -0.2) is 9.97 Å². The summed E-state index contributed by atoms with van der Waals surface area (Å²) >= 11 is 0. The maximum absolute atomic E-state index is 4.67. The molecule has 1 fully saturated rings. The summed E-state index contributed by atoms with van der Waals surface area (Å²) < 4.78 is 0. The van der Waals surface area contributed by atoms with Crippen molar-refractivity contribution in [2.24, 2.45) is 5.92 Å². The van der Waals surface area contributed by atoms with Crippen LogP contribution in [0, 0.1) is 12.8 Å². The van der Waals surface area contributed by atoms with Gasteiger partial charge < -0.3 is 10.6 Å². The smallest absolute Gasteiger partial charge is 0.134 e. The van der Waals surface area contributed by atoms with Gasteiger partial charge >= 0.3 is 0 Å². The molecular formula is C16H28N4. The van der Waals surface area contributed by atoms with Crippen molar-refractivity contribution in [2.75, 3.05) is 17.7 Å². The lowest BCUT2D eigenvalue weighted by Crippen LogP contribution is -2.27. The fraction of sp³-hybridized carbons (Fsp3) is 0.750. The van der Waals surface area contributed by atoms with Crippen LogP contribution in [0.3, 0.4) is 0 Å². The number of aromatic nitrogens is 2. The Morgan fingerprint density at radius 2 is 1.70 bits per heavy atom. The van der Waals surface area contributed by atoms with Crippen molar-refractivity contribution in [1.82, 2.24) is 9.97 Å². The van der Waals surface area contributed by atoms with E-state index in [-0.39, 0.29) is 0 Å². The molecule has 0 aromatic carbocycles. The highest BCUT2D eigenvalue weighted by molar-refractivity contribution is 5.57. The Labute approximate surface area is 122 Å². The normalized spacial score (nSPS) is 22.6. The first kappa shape index (κ1) is 15.1. The first-order chi connectivity index (χ1) is 9.67. The lowest BCUT2D eigenvalue weighted by molar-refractivity contribution is 0.329. The van der Waals surface area contributed by atoms with E-state index in [1.165, 1.54) is 32.1 Å². The van der Waals surface area contributed by atoms with Crippen LogP contribution in [-0.2, 0) is 6.42 Å². The maximum Gasteiger partial charge on any atom is 0.134 e. The highest BCUT2D eigenvalue weighted by Crippen LogP contribution is 2.29. The summed E-state index contributed by atoms with van der Waals surface area (Å²) in [6.45, 7) is 6.49. The summed E-state index contributed by atoms with van der Waals surface area (Å²) in [6, 6.07) is 0.570. The minimum absolute atomic E-state index is 0.570. The van der Waals surface area contributed by atoms with Crippen LogP contribution in [-0.4, -0.2) is 23.1 Å². The maximum atomic E-state index is 4.67. The molecular weight excluding hydrogens is 248 g/mol. The van der Waals surface area contributed by atoms with E-state index in [0.29, 0.717) is 6.04 Å². The van der Waals surface area contributed by atoms with Crippen LogP contribution in [0.4, 0.5) is 11.6 Å². The third kappa shape index (κ3) is 3.41. The minimum atomic E-state index is 0.570. The number of anilines is 2. The molecule has 2 rings (SSSR count). The molecule has 0 radical (unpaired) electrons. The predicted octanol–water partition coefficient (Wildman–Crippen LogP) is 3.77. The Balaban J connectivity index is 2.09. The summed E-state index contributed by atoms with van der Waals surface area (Å²) in [5.41, 5.74) is 1.13. The van der Waals surface area contributed by atoms with E-state index in [2.05, 4.69) is 41.4 Å². The third-order valence-electron chi connectivity index (χ3n) is 4.51. The standard InChI is InChI=1S/C16H28N4/c1-5-12-7-9-13(10-8-12)18-16-11(3)15(17-4)19-14(6-2)20-16/h12-13H,5-10H2,1-4H3,(H2,17,18,19,20). The Morgan fingerprint density at radius 1 is 1.05 bits per heavy atom. The SMILES string of the molecule is CCc1nc(NC)c(C)c(NC2CCC(CC)CC2)n1. The molecule has 0 amide bonds. The van der Waals surface area contributed by atoms with E-state index in [4.69, 9.17) is 0 Å². The fourth-order valence-electron chi connectivity index (χ4n) is 3.01. The van der Waals surface area contributed by atoms with Crippen molar-refractivity contribution in [3.05, 3.63) is 11.4 Å². The molecule has 0 saturated heterocycles. The van der Waals surface area contributed by atoms with Crippen LogP contribution in [0.1, 0.15) is 57.3 Å². The largest absolute Gasteiger partial charge is 0.373 e. The van der Waals surface area contributed by atoms with E-state index < -0.39 is 0 Å². The first-order valence-corrected chi connectivity index (χ1v) is 7.99. The molecule has 1 aliphatic rings. The first-order valence-electron chi connectivity index (χ1n) is 7.99. The molecule has 4 nitrogen and oxygen atoms in total. The zero-order valence-electron chi connectivity index (χ0n) is 13.3. The van der Waals surface area contributed by atoms with Crippen molar-refractivity contribution in [2.45, 2.75) is 65.3 Å². The summed E-state index contributed by atoms with van der Waals surface area (Å²) in [4.78, 5) is 9.20. The number of aryl methyl sites for hydroxylation is 1. The number of nitrogens with one attached hydrogen (secondary N) is 2. The number of nitrogens with zero attached hydrogens (tertiary/aromatic N) is 2. The minimum Gasteiger partial charge on any atom is -0.373 e. The van der Waals surface area contributed by atoms with E-state index >= 15 is 0 Å². The monoisotopic (exact) mass is 276 g/mol. The highest BCUT2D eigenvalue weighted by Gasteiger charge is 2.21. The molecule has 4 heteroatoms. The van der Waals surface area contributed by atoms with Gasteiger partial charge in [0.25, 0.3) is 0 Å². The van der Waals surface area contributed by atoms with Crippen molar-refractivity contribution >= 4 is 11.6 Å². The van der Waals surface area contributed by atoms with Crippen molar-refractivity contribution in [3.8, 4) is 0 Å². The number of hydrogen-bond acceptors (Lipinski definition) is 4. The van der Waals surface area contributed by atoms with Crippen LogP contribution < -0.4 is 10.6 Å². The van der Waals surface area contributed by atoms with Gasteiger partial charge in [-0.15, -0.1) is 0 Å². The molecule has 112 valence electrons. The van der Waals surface area contributed by atoms with E-state index in [1.807, 2.05) is 7.05 Å². The van der Waals surface area contributed by atoms with E-state index in [9.17, 15) is 0 Å². The van der Waals surface area contributed by atoms with Crippen molar-refractivity contribution in [1.29, 1.82) is 0 Å². The van der Waals surface area contributed by atoms with Crippen LogP contribution in [0.15, 0.2) is 0 Å². The Bertz CT molecular complexity index is 436. The average Bonchev–Trinajstić information content (AvgIpc) is 2.50. The van der Waals surface area contributed by atoms with Crippen LogP contribution in [0.25, 0.3) is 0 Å². The van der Waals surface area contributed by atoms with Crippen molar-refractivity contribution < 1.29 is 0 Å². The predicted molar refractivity (Wildman–Crippen MR) is 85.4 cm³/mol. The lowest BCUT2D eigenvalue weighted by atomic mass is 9.84. The summed E-state index contributed by atoms with van der Waals surface area (Å²) in [5.74, 6) is 3.80. The van der Waals surface area contributed by atoms with Gasteiger partial charge in [0.05, 0.1) is 0 Å². The quantitative estimate of drug-likeness (QED) is 0.859. The lowest BCUT2D eigenvalue weighted by Gasteiger charge is -2.29. The van der Waals surface area contributed by atoms with E-state index in [0.717, 1.165) is 35.4 Å². The van der Waals surface area contributed by atoms with Gasteiger partial charge in [-0.1, -0.05) is 20.3 Å². The molecule has 2 N–H and O–H groups in total. The molecule has 0 atom stereocenters. The summed E-state index contributed by atoms with van der Waals surface area (Å²) in [6.07, 6.45) is 7.40. The molecule has 0 unspecified atom stereocenters. The third-order valence-corrected chi connectivity index (χ3v) is 4.51. The average molecular weight is 276 g/mol. The number of rotatable bonds is 5. The molecule has 0 bridgehead atoms. The Morgan fingerprint density at radius 3 is 2.25 bits per heavy atom. The van der Waals surface area contributed by atoms with Gasteiger partial charge in [0.15, 0.2) is 0 Å². The second-order valence-corrected chi connectivity index (χ2v) is 5.84. The summed E-state index contributed by atoms with van der Waals surface area (Å²) in [5, 5.41) is 6.82. The van der Waals surface area contributed by atoms with Gasteiger partial charge in [0, 0.05) is 25.1 Å². The zero-order chi connectivity index (χ0) is 14.5. The van der Waals surface area contributed by atoms with Crippen LogP contribution >= 0.6 is 0 Å². The molecule has 0 aliphatic heterocycles. The second kappa shape index (κ2) is 6.91. The van der Waals surface area contributed by atoms with Gasteiger partial charge in [-0.3, -0.25) is 0 Å². The Kier molecular flexibility index (Phi) is 5.21. The number of hydrogen-bond donors (Lipinski definition) is 2. The van der Waals surface area contributed by atoms with Gasteiger partial charge in [0.2, 0.25) is 0 Å². The van der Waals surface area contributed by atoms with E-state index in [1.54, 1.807) is 0 Å². The Hall–Kier alpha value is -1.32. The molecule has 0 spiro atoms. The summed E-state index contributed by atoms with van der Waals surface area (Å²) in [7, 11) is 1.92. The van der Waals surface area contributed by atoms with Gasteiger partial charge in [-0.2, -0.15) is 0 Å². The van der Waals surface area contributed by atoms with Gasteiger partial charge in [0.1, 0.15) is 17.5 Å². The van der Waals surface area contributed by atoms with Crippen molar-refractivity contribution in [3.63, 3.8) is 0 Å². The van der Waals surface area contributed by atoms with Crippen LogP contribution in [0.2, 0.25) is 0 Å². The van der Waals surface area contributed by atoms with Gasteiger partial charge in [-0.05, 0) is 38.5 Å². The topological polar surface area (TPSA) is 49.8 Å². The molecule has 1 aromatic heterocycles. The second-order valence-electron chi connectivity index (χ2n) is 5.84. The highest BCUT2D eigenvalue weighted by atomic mass is 15.1. The molecule has 1 saturated carbocycles. The van der Waals surface area contributed by atoms with Crippen LogP contribution in [0.5, 0.6) is 0 Å². The molecule has 20 heavy (non-hydrogen) atoms.